The first-order valence-electron chi connectivity index (χ1n) is 9.09. The maximum Gasteiger partial charge on any atom is 0.573 e. The van der Waals surface area contributed by atoms with Gasteiger partial charge in [0.15, 0.2) is 0 Å². The zero-order chi connectivity index (χ0) is 24.5. The second-order valence-corrected chi connectivity index (χ2v) is 6.17. The minimum atomic E-state index is -4.78. The number of anilines is 1. The summed E-state index contributed by atoms with van der Waals surface area (Å²) in [4.78, 5) is 4.24. The highest BCUT2D eigenvalue weighted by atomic mass is 19.4. The number of nitrogens with zero attached hydrogens (tertiary/aromatic N) is 2. The Bertz CT molecular complexity index is 1010. The number of amidine groups is 1. The van der Waals surface area contributed by atoms with Crippen LogP contribution in [0.5, 0.6) is 11.5 Å². The molecular weight excluding hydrogens is 454 g/mol. The summed E-state index contributed by atoms with van der Waals surface area (Å²) >= 11 is 0. The van der Waals surface area contributed by atoms with Gasteiger partial charge in [0.05, 0.1) is 6.21 Å². The molecule has 0 aliphatic carbocycles. The van der Waals surface area contributed by atoms with Gasteiger partial charge in [0.1, 0.15) is 23.2 Å². The van der Waals surface area contributed by atoms with E-state index in [2.05, 4.69) is 36.9 Å². The predicted molar refractivity (Wildman–Crippen MR) is 112 cm³/mol. The molecule has 0 spiro atoms. The normalized spacial score (nSPS) is 13.1. The summed E-state index contributed by atoms with van der Waals surface area (Å²) in [5.74, 6) is -0.0720. The molecule has 0 saturated carbocycles. The van der Waals surface area contributed by atoms with Gasteiger partial charge in [-0.15, -0.1) is 26.3 Å². The molecular formula is C21H18F6N4O2. The molecule has 2 aromatic carbocycles. The highest BCUT2D eigenvalue weighted by Gasteiger charge is 2.31. The Kier molecular flexibility index (Phi) is 8.49. The first kappa shape index (κ1) is 25.3. The van der Waals surface area contributed by atoms with Crippen molar-refractivity contribution < 1.29 is 35.8 Å². The van der Waals surface area contributed by atoms with E-state index in [0.29, 0.717) is 17.1 Å². The number of nitrogens with one attached hydrogen (secondary N) is 2. The number of hydrogen-bond acceptors (Lipinski definition) is 5. The van der Waals surface area contributed by atoms with Crippen LogP contribution in [0.4, 0.5) is 32.0 Å². The van der Waals surface area contributed by atoms with Gasteiger partial charge in [0.2, 0.25) is 0 Å². The monoisotopic (exact) mass is 472 g/mol. The molecule has 2 rings (SSSR count). The van der Waals surface area contributed by atoms with Gasteiger partial charge in [-0.3, -0.25) is 5.43 Å². The zero-order valence-corrected chi connectivity index (χ0v) is 17.0. The Morgan fingerprint density at radius 2 is 1.39 bits per heavy atom. The topological polar surface area (TPSA) is 67.2 Å². The van der Waals surface area contributed by atoms with Gasteiger partial charge in [-0.25, -0.2) is 4.99 Å². The second-order valence-electron chi connectivity index (χ2n) is 6.17. The van der Waals surface area contributed by atoms with Crippen LogP contribution in [-0.2, 0) is 0 Å². The fraction of sp³-hybridized carbons (Fsp3) is 0.143. The van der Waals surface area contributed by atoms with Crippen LogP contribution in [-0.4, -0.2) is 24.8 Å². The predicted octanol–water partition coefficient (Wildman–Crippen LogP) is 5.97. The molecule has 0 saturated heterocycles. The molecule has 12 heteroatoms. The van der Waals surface area contributed by atoms with Gasteiger partial charge < -0.3 is 14.8 Å². The first-order valence-corrected chi connectivity index (χ1v) is 9.09. The van der Waals surface area contributed by atoms with Crippen LogP contribution in [0.15, 0.2) is 83.2 Å². The Morgan fingerprint density at radius 1 is 0.879 bits per heavy atom. The summed E-state index contributed by atoms with van der Waals surface area (Å²) in [6, 6.07) is 10.1. The summed E-state index contributed by atoms with van der Waals surface area (Å²) in [6.07, 6.45) is -5.25. The summed E-state index contributed by atoms with van der Waals surface area (Å²) in [7, 11) is 0. The third kappa shape index (κ3) is 10.3. The molecule has 0 amide bonds. The van der Waals surface area contributed by atoms with E-state index in [-0.39, 0.29) is 17.3 Å². The van der Waals surface area contributed by atoms with E-state index in [9.17, 15) is 26.3 Å². The molecule has 0 aliphatic rings. The lowest BCUT2D eigenvalue weighted by atomic mass is 10.2. The van der Waals surface area contributed by atoms with Crippen molar-refractivity contribution in [1.82, 2.24) is 5.43 Å². The number of hydrogen-bond donors (Lipinski definition) is 2. The maximum atomic E-state index is 12.2. The molecule has 176 valence electrons. The number of benzene rings is 2. The van der Waals surface area contributed by atoms with E-state index in [4.69, 9.17) is 0 Å². The van der Waals surface area contributed by atoms with Crippen molar-refractivity contribution in [3.63, 3.8) is 0 Å². The van der Waals surface area contributed by atoms with Crippen LogP contribution in [0, 0.1) is 0 Å². The van der Waals surface area contributed by atoms with E-state index in [1.165, 1.54) is 42.6 Å². The van der Waals surface area contributed by atoms with E-state index >= 15 is 0 Å². The number of halogens is 6. The molecule has 6 nitrogen and oxygen atoms in total. The molecule has 0 bridgehead atoms. The van der Waals surface area contributed by atoms with E-state index in [1.54, 1.807) is 6.92 Å². The Morgan fingerprint density at radius 3 is 1.88 bits per heavy atom. The quantitative estimate of drug-likeness (QED) is 0.163. The maximum absolute atomic E-state index is 12.2. The fourth-order valence-corrected chi connectivity index (χ4v) is 2.30. The molecule has 33 heavy (non-hydrogen) atoms. The van der Waals surface area contributed by atoms with Gasteiger partial charge in [0.25, 0.3) is 0 Å². The molecule has 0 unspecified atom stereocenters. The summed E-state index contributed by atoms with van der Waals surface area (Å²) in [6.45, 7) is 5.18. The van der Waals surface area contributed by atoms with Crippen LogP contribution >= 0.6 is 0 Å². The van der Waals surface area contributed by atoms with Crippen molar-refractivity contribution in [3.05, 3.63) is 78.6 Å². The number of aliphatic imine (C=N–C) groups is 1. The lowest BCUT2D eigenvalue weighted by Crippen LogP contribution is -2.17. The van der Waals surface area contributed by atoms with Gasteiger partial charge in [-0.2, -0.15) is 5.10 Å². The average Bonchev–Trinajstić information content (AvgIpc) is 2.69. The summed E-state index contributed by atoms with van der Waals surface area (Å²) in [5.41, 5.74) is 3.61. The Hall–Kier alpha value is -3.96. The van der Waals surface area contributed by atoms with Gasteiger partial charge in [-0.05, 0) is 67.1 Å². The first-order chi connectivity index (χ1) is 15.4. The molecule has 0 heterocycles. The number of allylic oxidation sites excluding steroid dienone is 2. The van der Waals surface area contributed by atoms with Crippen molar-refractivity contribution in [1.29, 1.82) is 0 Å². The van der Waals surface area contributed by atoms with Gasteiger partial charge in [0, 0.05) is 5.69 Å². The lowest BCUT2D eigenvalue weighted by molar-refractivity contribution is -0.275. The molecule has 0 atom stereocenters. The van der Waals surface area contributed by atoms with Crippen molar-refractivity contribution in [2.45, 2.75) is 19.6 Å². The summed E-state index contributed by atoms with van der Waals surface area (Å²) in [5, 5.41) is 6.85. The third-order valence-corrected chi connectivity index (χ3v) is 3.48. The number of ether oxygens (including phenoxy) is 2. The Labute approximate surface area is 184 Å². The van der Waals surface area contributed by atoms with E-state index in [0.717, 1.165) is 24.3 Å². The van der Waals surface area contributed by atoms with Crippen molar-refractivity contribution in [2.24, 2.45) is 10.1 Å². The SMILES string of the molecule is C=C/C=C(\N=C(/C)Nc1ccc(OC(F)(F)F)cc1)N/N=C/c1ccc(OC(F)(F)F)cc1. The Balaban J connectivity index is 1.97. The molecule has 0 aliphatic heterocycles. The smallest absolute Gasteiger partial charge is 0.406 e. The van der Waals surface area contributed by atoms with Gasteiger partial charge in [-0.1, -0.05) is 12.7 Å². The largest absolute Gasteiger partial charge is 0.573 e. The minimum absolute atomic E-state index is 0.264. The van der Waals surface area contributed by atoms with Crippen molar-refractivity contribution in [2.75, 3.05) is 5.32 Å². The van der Waals surface area contributed by atoms with E-state index in [1.807, 2.05) is 0 Å². The number of rotatable bonds is 8. The number of alkyl halides is 6. The zero-order valence-electron chi connectivity index (χ0n) is 17.0. The average molecular weight is 472 g/mol. The van der Waals surface area contributed by atoms with Crippen molar-refractivity contribution >= 4 is 17.7 Å². The van der Waals surface area contributed by atoms with Crippen LogP contribution in [0.3, 0.4) is 0 Å². The van der Waals surface area contributed by atoms with Crippen molar-refractivity contribution in [3.8, 4) is 11.5 Å². The highest BCUT2D eigenvalue weighted by molar-refractivity contribution is 5.94. The molecule has 0 aromatic heterocycles. The highest BCUT2D eigenvalue weighted by Crippen LogP contribution is 2.24. The van der Waals surface area contributed by atoms with Crippen LogP contribution in [0.25, 0.3) is 0 Å². The summed E-state index contributed by atoms with van der Waals surface area (Å²) < 4.78 is 80.8. The van der Waals surface area contributed by atoms with Crippen LogP contribution in [0.2, 0.25) is 0 Å². The second kappa shape index (κ2) is 11.1. The van der Waals surface area contributed by atoms with Crippen LogP contribution in [0.1, 0.15) is 12.5 Å². The third-order valence-electron chi connectivity index (χ3n) is 3.48. The number of hydrazone groups is 1. The molecule has 0 radical (unpaired) electrons. The lowest BCUT2D eigenvalue weighted by Gasteiger charge is -2.10. The molecule has 0 fully saturated rings. The van der Waals surface area contributed by atoms with E-state index < -0.39 is 12.7 Å². The minimum Gasteiger partial charge on any atom is -0.406 e. The fourth-order valence-electron chi connectivity index (χ4n) is 2.30. The van der Waals surface area contributed by atoms with Gasteiger partial charge >= 0.3 is 12.7 Å². The van der Waals surface area contributed by atoms with Crippen LogP contribution < -0.4 is 20.2 Å². The molecule has 2 aromatic rings. The standard InChI is InChI=1S/C21H18F6N4O2/c1-3-4-19(31-28-13-15-5-9-17(10-6-15)32-20(22,23)24)30-14(2)29-16-7-11-18(12-8-16)33-21(25,26)27/h3-13,31H,1H2,2H3,(H,29,30)/b19-4+,28-13+. The molecule has 2 N–H and O–H groups in total.